The van der Waals surface area contributed by atoms with Gasteiger partial charge in [0.05, 0.1) is 19.6 Å². The highest BCUT2D eigenvalue weighted by atomic mass is 19.4. The van der Waals surface area contributed by atoms with Gasteiger partial charge in [-0.05, 0) is 18.9 Å². The highest BCUT2D eigenvalue weighted by Crippen LogP contribution is 2.33. The van der Waals surface area contributed by atoms with E-state index in [1.165, 1.54) is 18.2 Å². The lowest BCUT2D eigenvalue weighted by Gasteiger charge is -2.25. The third kappa shape index (κ3) is 4.71. The molecule has 0 spiro atoms. The summed E-state index contributed by atoms with van der Waals surface area (Å²) in [6.45, 7) is 2.58. The van der Waals surface area contributed by atoms with Gasteiger partial charge in [0.1, 0.15) is 0 Å². The van der Waals surface area contributed by atoms with Crippen molar-refractivity contribution in [3.05, 3.63) is 35.4 Å². The molecule has 1 heterocycles. The number of amides is 1. The number of hydrogen-bond acceptors (Lipinski definition) is 3. The Morgan fingerprint density at radius 3 is 2.64 bits per heavy atom. The molecule has 7 heteroatoms. The van der Waals surface area contributed by atoms with Crippen LogP contribution in [0.15, 0.2) is 24.3 Å². The summed E-state index contributed by atoms with van der Waals surface area (Å²) in [5, 5.41) is 2.02. The molecule has 1 saturated heterocycles. The normalized spacial score (nSPS) is 18.0. The molecule has 1 aliphatic heterocycles. The molecule has 4 nitrogen and oxygen atoms in total. The number of carbonyl (C=O) groups is 1. The smallest absolute Gasteiger partial charge is 0.352 e. The SMILES string of the molecule is Cc1cccc([C@@H](NC(=O)CC2OCCCO2)C(F)(F)F)c1. The monoisotopic (exact) mass is 317 g/mol. The first-order valence-electron chi connectivity index (χ1n) is 7.02. The number of halogens is 3. The van der Waals surface area contributed by atoms with Crippen LogP contribution in [-0.2, 0) is 14.3 Å². The van der Waals surface area contributed by atoms with Crippen LogP contribution in [0.25, 0.3) is 0 Å². The van der Waals surface area contributed by atoms with Crippen LogP contribution in [0.2, 0.25) is 0 Å². The second kappa shape index (κ2) is 7.11. The van der Waals surface area contributed by atoms with Crippen LogP contribution < -0.4 is 5.32 Å². The Hall–Kier alpha value is -1.60. The summed E-state index contributed by atoms with van der Waals surface area (Å²) in [6, 6.07) is 3.94. The van der Waals surface area contributed by atoms with E-state index < -0.39 is 24.4 Å². The predicted molar refractivity (Wildman–Crippen MR) is 73.0 cm³/mol. The fourth-order valence-corrected chi connectivity index (χ4v) is 2.23. The van der Waals surface area contributed by atoms with E-state index in [0.29, 0.717) is 25.2 Å². The van der Waals surface area contributed by atoms with E-state index >= 15 is 0 Å². The van der Waals surface area contributed by atoms with Crippen LogP contribution in [-0.4, -0.2) is 31.6 Å². The first-order chi connectivity index (χ1) is 10.4. The van der Waals surface area contributed by atoms with Crippen molar-refractivity contribution in [2.24, 2.45) is 0 Å². The number of benzene rings is 1. The number of ether oxygens (including phenoxy) is 2. The second-order valence-electron chi connectivity index (χ2n) is 5.19. The molecule has 1 fully saturated rings. The highest BCUT2D eigenvalue weighted by molar-refractivity contribution is 5.77. The maximum Gasteiger partial charge on any atom is 0.412 e. The number of rotatable bonds is 4. The zero-order valence-electron chi connectivity index (χ0n) is 12.2. The summed E-state index contributed by atoms with van der Waals surface area (Å²) in [7, 11) is 0. The van der Waals surface area contributed by atoms with Gasteiger partial charge >= 0.3 is 6.18 Å². The Morgan fingerprint density at radius 1 is 1.36 bits per heavy atom. The van der Waals surface area contributed by atoms with Crippen LogP contribution in [0.3, 0.4) is 0 Å². The van der Waals surface area contributed by atoms with Gasteiger partial charge in [0.25, 0.3) is 0 Å². The van der Waals surface area contributed by atoms with Crippen molar-refractivity contribution in [2.45, 2.75) is 38.3 Å². The molecule has 1 N–H and O–H groups in total. The molecule has 2 rings (SSSR count). The Balaban J connectivity index is 2.05. The number of hydrogen-bond donors (Lipinski definition) is 1. The number of carbonyl (C=O) groups excluding carboxylic acids is 1. The third-order valence-electron chi connectivity index (χ3n) is 3.26. The van der Waals surface area contributed by atoms with Gasteiger partial charge in [-0.2, -0.15) is 13.2 Å². The van der Waals surface area contributed by atoms with E-state index in [4.69, 9.17) is 9.47 Å². The molecule has 1 amide bonds. The van der Waals surface area contributed by atoms with E-state index in [1.807, 2.05) is 5.32 Å². The summed E-state index contributed by atoms with van der Waals surface area (Å²) < 4.78 is 50.0. The fraction of sp³-hybridized carbons (Fsp3) is 0.533. The standard InChI is InChI=1S/C15H18F3NO3/c1-10-4-2-5-11(8-10)14(15(16,17)18)19-12(20)9-13-21-6-3-7-22-13/h2,4-5,8,13-14H,3,6-7,9H2,1H3,(H,19,20)/t14-/m1/s1. The van der Waals surface area contributed by atoms with E-state index in [9.17, 15) is 18.0 Å². The lowest BCUT2D eigenvalue weighted by atomic mass is 10.0. The minimum atomic E-state index is -4.57. The maximum absolute atomic E-state index is 13.2. The summed E-state index contributed by atoms with van der Waals surface area (Å²) in [5.74, 6) is -0.754. The van der Waals surface area contributed by atoms with Crippen molar-refractivity contribution in [3.63, 3.8) is 0 Å². The average molecular weight is 317 g/mol. The van der Waals surface area contributed by atoms with Crippen molar-refractivity contribution in [2.75, 3.05) is 13.2 Å². The van der Waals surface area contributed by atoms with Gasteiger partial charge in [-0.25, -0.2) is 0 Å². The van der Waals surface area contributed by atoms with Gasteiger partial charge < -0.3 is 14.8 Å². The van der Waals surface area contributed by atoms with Crippen molar-refractivity contribution in [1.29, 1.82) is 0 Å². The van der Waals surface area contributed by atoms with Crippen molar-refractivity contribution in [1.82, 2.24) is 5.32 Å². The summed E-state index contributed by atoms with van der Waals surface area (Å²) in [4.78, 5) is 11.9. The molecule has 1 aromatic carbocycles. The van der Waals surface area contributed by atoms with Crippen LogP contribution in [0.5, 0.6) is 0 Å². The Morgan fingerprint density at radius 2 is 2.05 bits per heavy atom. The first-order valence-corrected chi connectivity index (χ1v) is 7.02. The van der Waals surface area contributed by atoms with Crippen LogP contribution >= 0.6 is 0 Å². The quantitative estimate of drug-likeness (QED) is 0.929. The van der Waals surface area contributed by atoms with E-state index in [1.54, 1.807) is 13.0 Å². The van der Waals surface area contributed by atoms with Crippen molar-refractivity contribution in [3.8, 4) is 0 Å². The summed E-state index contributed by atoms with van der Waals surface area (Å²) in [6.07, 6.45) is -4.89. The number of alkyl halides is 3. The first kappa shape index (κ1) is 16.8. The zero-order valence-corrected chi connectivity index (χ0v) is 12.2. The van der Waals surface area contributed by atoms with Gasteiger partial charge in [-0.15, -0.1) is 0 Å². The molecular formula is C15H18F3NO3. The minimum Gasteiger partial charge on any atom is -0.352 e. The lowest BCUT2D eigenvalue weighted by Crippen LogP contribution is -2.40. The molecule has 1 atom stereocenters. The molecular weight excluding hydrogens is 299 g/mol. The number of aryl methyl sites for hydroxylation is 1. The van der Waals surface area contributed by atoms with Gasteiger partial charge in [0.15, 0.2) is 12.3 Å². The van der Waals surface area contributed by atoms with Crippen molar-refractivity contribution >= 4 is 5.91 Å². The summed E-state index contributed by atoms with van der Waals surface area (Å²) >= 11 is 0. The molecule has 1 aromatic rings. The molecule has 0 aromatic heterocycles. The lowest BCUT2D eigenvalue weighted by molar-refractivity contribution is -0.188. The predicted octanol–water partition coefficient (Wildman–Crippen LogP) is 2.87. The Labute approximate surface area is 126 Å². The average Bonchev–Trinajstić information content (AvgIpc) is 2.44. The van der Waals surface area contributed by atoms with Crippen LogP contribution in [0, 0.1) is 6.92 Å². The van der Waals surface area contributed by atoms with Gasteiger partial charge in [0.2, 0.25) is 5.91 Å². The zero-order chi connectivity index (χ0) is 16.2. The third-order valence-corrected chi connectivity index (χ3v) is 3.26. The number of nitrogens with one attached hydrogen (secondary N) is 1. The second-order valence-corrected chi connectivity index (χ2v) is 5.19. The van der Waals surface area contributed by atoms with Gasteiger partial charge in [-0.1, -0.05) is 29.8 Å². The van der Waals surface area contributed by atoms with Gasteiger partial charge in [-0.3, -0.25) is 4.79 Å². The maximum atomic E-state index is 13.2. The fourth-order valence-electron chi connectivity index (χ4n) is 2.23. The molecule has 0 saturated carbocycles. The minimum absolute atomic E-state index is 0.00586. The highest BCUT2D eigenvalue weighted by Gasteiger charge is 2.42. The molecule has 0 aliphatic carbocycles. The summed E-state index contributed by atoms with van der Waals surface area (Å²) in [5.41, 5.74) is 0.700. The van der Waals surface area contributed by atoms with E-state index in [2.05, 4.69) is 0 Å². The topological polar surface area (TPSA) is 47.6 Å². The Kier molecular flexibility index (Phi) is 5.42. The Bertz CT molecular complexity index is 513. The van der Waals surface area contributed by atoms with Crippen molar-refractivity contribution < 1.29 is 27.4 Å². The molecule has 0 bridgehead atoms. The molecule has 122 valence electrons. The van der Waals surface area contributed by atoms with Crippen LogP contribution in [0.1, 0.15) is 30.0 Å². The van der Waals surface area contributed by atoms with Crippen LogP contribution in [0.4, 0.5) is 13.2 Å². The largest absolute Gasteiger partial charge is 0.412 e. The molecule has 0 unspecified atom stereocenters. The molecule has 22 heavy (non-hydrogen) atoms. The van der Waals surface area contributed by atoms with E-state index in [0.717, 1.165) is 0 Å². The molecule has 0 radical (unpaired) electrons. The van der Waals surface area contributed by atoms with E-state index in [-0.39, 0.29) is 12.0 Å². The molecule has 1 aliphatic rings. The van der Waals surface area contributed by atoms with Gasteiger partial charge in [0, 0.05) is 0 Å².